The SMILES string of the molecule is CC(C)(C)Nc1ccc2nnn(C3CCC(=O)NC3=O)c(=O)c2c1. The number of hydrogen-bond donors (Lipinski definition) is 2. The number of carbonyl (C=O) groups is 2. The number of nitrogens with one attached hydrogen (secondary N) is 2. The Hall–Kier alpha value is -2.77. The molecule has 0 spiro atoms. The third kappa shape index (κ3) is 3.12. The Kier molecular flexibility index (Phi) is 3.82. The molecule has 1 aromatic heterocycles. The summed E-state index contributed by atoms with van der Waals surface area (Å²) in [5.41, 5.74) is 0.696. The summed E-state index contributed by atoms with van der Waals surface area (Å²) in [5.74, 6) is -0.860. The first-order chi connectivity index (χ1) is 11.2. The van der Waals surface area contributed by atoms with E-state index in [1.807, 2.05) is 26.8 Å². The summed E-state index contributed by atoms with van der Waals surface area (Å²) in [4.78, 5) is 36.0. The van der Waals surface area contributed by atoms with E-state index in [1.54, 1.807) is 12.1 Å². The van der Waals surface area contributed by atoms with Crippen LogP contribution in [-0.4, -0.2) is 32.3 Å². The Balaban J connectivity index is 2.04. The van der Waals surface area contributed by atoms with Crippen LogP contribution in [0.1, 0.15) is 39.7 Å². The molecule has 1 aromatic carbocycles. The fourth-order valence-electron chi connectivity index (χ4n) is 2.69. The van der Waals surface area contributed by atoms with Crippen molar-refractivity contribution < 1.29 is 9.59 Å². The molecule has 2 amide bonds. The molecule has 8 heteroatoms. The quantitative estimate of drug-likeness (QED) is 0.796. The maximum absolute atomic E-state index is 12.7. The highest BCUT2D eigenvalue weighted by Crippen LogP contribution is 2.20. The number of nitrogens with zero attached hydrogens (tertiary/aromatic N) is 3. The Morgan fingerprint density at radius 2 is 2.00 bits per heavy atom. The van der Waals surface area contributed by atoms with Crippen molar-refractivity contribution in [3.05, 3.63) is 28.6 Å². The van der Waals surface area contributed by atoms with Crippen molar-refractivity contribution in [1.82, 2.24) is 20.3 Å². The molecule has 1 aliphatic heterocycles. The van der Waals surface area contributed by atoms with E-state index >= 15 is 0 Å². The molecule has 8 nitrogen and oxygen atoms in total. The van der Waals surface area contributed by atoms with Gasteiger partial charge >= 0.3 is 0 Å². The van der Waals surface area contributed by atoms with Crippen LogP contribution in [0.5, 0.6) is 0 Å². The zero-order chi connectivity index (χ0) is 17.5. The number of amides is 2. The lowest BCUT2D eigenvalue weighted by molar-refractivity contribution is -0.136. The first-order valence-corrected chi connectivity index (χ1v) is 7.76. The molecule has 0 aliphatic carbocycles. The van der Waals surface area contributed by atoms with Crippen molar-refractivity contribution >= 4 is 28.4 Å². The first-order valence-electron chi connectivity index (χ1n) is 7.76. The van der Waals surface area contributed by atoms with Crippen molar-refractivity contribution in [2.24, 2.45) is 0 Å². The fourth-order valence-corrected chi connectivity index (χ4v) is 2.69. The van der Waals surface area contributed by atoms with E-state index in [1.165, 1.54) is 0 Å². The fraction of sp³-hybridized carbons (Fsp3) is 0.438. The second-order valence-corrected chi connectivity index (χ2v) is 6.91. The Labute approximate surface area is 138 Å². The molecule has 1 saturated heterocycles. The molecule has 2 aromatic rings. The molecule has 3 rings (SSSR count). The molecule has 0 radical (unpaired) electrons. The average molecular weight is 329 g/mol. The number of hydrogen-bond acceptors (Lipinski definition) is 6. The van der Waals surface area contributed by atoms with Crippen LogP contribution >= 0.6 is 0 Å². The molecule has 1 atom stereocenters. The molecule has 1 fully saturated rings. The zero-order valence-electron chi connectivity index (χ0n) is 13.8. The number of benzene rings is 1. The second kappa shape index (κ2) is 5.70. The molecule has 2 heterocycles. The third-order valence-electron chi connectivity index (χ3n) is 3.71. The molecule has 1 aliphatic rings. The summed E-state index contributed by atoms with van der Waals surface area (Å²) < 4.78 is 1.06. The van der Waals surface area contributed by atoms with Gasteiger partial charge in [0.25, 0.3) is 11.5 Å². The molecular formula is C16H19N5O3. The number of anilines is 1. The lowest BCUT2D eigenvalue weighted by Gasteiger charge is -2.23. The Bertz CT molecular complexity index is 881. The van der Waals surface area contributed by atoms with E-state index in [-0.39, 0.29) is 24.3 Å². The van der Waals surface area contributed by atoms with Crippen molar-refractivity contribution in [3.8, 4) is 0 Å². The van der Waals surface area contributed by atoms with E-state index in [2.05, 4.69) is 20.9 Å². The van der Waals surface area contributed by atoms with Crippen molar-refractivity contribution in [2.45, 2.75) is 45.2 Å². The van der Waals surface area contributed by atoms with E-state index in [4.69, 9.17) is 0 Å². The molecule has 0 saturated carbocycles. The van der Waals surface area contributed by atoms with Gasteiger partial charge in [-0.25, -0.2) is 0 Å². The third-order valence-corrected chi connectivity index (χ3v) is 3.71. The van der Waals surface area contributed by atoms with Crippen LogP contribution in [-0.2, 0) is 9.59 Å². The molecular weight excluding hydrogens is 310 g/mol. The number of rotatable bonds is 2. The second-order valence-electron chi connectivity index (χ2n) is 6.91. The molecule has 126 valence electrons. The van der Waals surface area contributed by atoms with Gasteiger partial charge in [-0.05, 0) is 45.4 Å². The topological polar surface area (TPSA) is 106 Å². The first kappa shape index (κ1) is 16.1. The van der Waals surface area contributed by atoms with Gasteiger partial charge in [0.2, 0.25) is 5.91 Å². The van der Waals surface area contributed by atoms with Gasteiger partial charge in [0.15, 0.2) is 0 Å². The summed E-state index contributed by atoms with van der Waals surface area (Å²) in [6.07, 6.45) is 0.416. The summed E-state index contributed by atoms with van der Waals surface area (Å²) in [6, 6.07) is 4.44. The number of aromatic nitrogens is 3. The van der Waals surface area contributed by atoms with Crippen LogP contribution < -0.4 is 16.2 Å². The summed E-state index contributed by atoms with van der Waals surface area (Å²) >= 11 is 0. The Morgan fingerprint density at radius 3 is 2.67 bits per heavy atom. The summed E-state index contributed by atoms with van der Waals surface area (Å²) in [5, 5.41) is 13.8. The van der Waals surface area contributed by atoms with E-state index in [9.17, 15) is 14.4 Å². The molecule has 1 unspecified atom stereocenters. The monoisotopic (exact) mass is 329 g/mol. The number of fused-ring (bicyclic) bond motifs is 1. The maximum atomic E-state index is 12.7. The van der Waals surface area contributed by atoms with Gasteiger partial charge in [-0.15, -0.1) is 5.10 Å². The van der Waals surface area contributed by atoms with E-state index < -0.39 is 17.5 Å². The van der Waals surface area contributed by atoms with Gasteiger partial charge in [-0.2, -0.15) is 4.68 Å². The van der Waals surface area contributed by atoms with Crippen LogP contribution in [0.4, 0.5) is 5.69 Å². The zero-order valence-corrected chi connectivity index (χ0v) is 13.8. The highest BCUT2D eigenvalue weighted by Gasteiger charge is 2.30. The van der Waals surface area contributed by atoms with Crippen LogP contribution in [0.25, 0.3) is 10.9 Å². The van der Waals surface area contributed by atoms with Gasteiger partial charge in [-0.3, -0.25) is 19.7 Å². The number of imide groups is 1. The molecule has 2 N–H and O–H groups in total. The predicted octanol–water partition coefficient (Wildman–Crippen LogP) is 0.980. The predicted molar refractivity (Wildman–Crippen MR) is 88.6 cm³/mol. The van der Waals surface area contributed by atoms with Gasteiger partial charge in [-0.1, -0.05) is 5.21 Å². The van der Waals surface area contributed by atoms with Gasteiger partial charge in [0, 0.05) is 17.6 Å². The number of piperidine rings is 1. The minimum Gasteiger partial charge on any atom is -0.380 e. The summed E-state index contributed by atoms with van der Waals surface area (Å²) in [7, 11) is 0. The minimum atomic E-state index is -0.814. The van der Waals surface area contributed by atoms with Gasteiger partial charge in [0.05, 0.1) is 5.39 Å². The molecule has 0 bridgehead atoms. The van der Waals surface area contributed by atoms with Gasteiger partial charge < -0.3 is 5.32 Å². The Morgan fingerprint density at radius 1 is 1.25 bits per heavy atom. The standard InChI is InChI=1S/C16H19N5O3/c1-16(2,3)18-9-4-5-11-10(8-9)15(24)21(20-19-11)12-6-7-13(22)17-14(12)23/h4-5,8,12,18H,6-7H2,1-3H3,(H,17,22,23). The maximum Gasteiger partial charge on any atom is 0.278 e. The van der Waals surface area contributed by atoms with E-state index in [0.717, 1.165) is 10.4 Å². The minimum absolute atomic E-state index is 0.156. The highest BCUT2D eigenvalue weighted by atomic mass is 16.2. The summed E-state index contributed by atoms with van der Waals surface area (Å²) in [6.45, 7) is 6.05. The smallest absolute Gasteiger partial charge is 0.278 e. The largest absolute Gasteiger partial charge is 0.380 e. The van der Waals surface area contributed by atoms with E-state index in [0.29, 0.717) is 10.9 Å². The van der Waals surface area contributed by atoms with Crippen LogP contribution in [0.3, 0.4) is 0 Å². The lowest BCUT2D eigenvalue weighted by Crippen LogP contribution is -2.45. The van der Waals surface area contributed by atoms with Crippen LogP contribution in [0.15, 0.2) is 23.0 Å². The van der Waals surface area contributed by atoms with Crippen molar-refractivity contribution in [2.75, 3.05) is 5.32 Å². The highest BCUT2D eigenvalue weighted by molar-refractivity contribution is 5.99. The normalized spacial score (nSPS) is 18.5. The van der Waals surface area contributed by atoms with Crippen LogP contribution in [0.2, 0.25) is 0 Å². The molecule has 24 heavy (non-hydrogen) atoms. The average Bonchev–Trinajstić information content (AvgIpc) is 2.47. The number of carbonyl (C=O) groups excluding carboxylic acids is 2. The van der Waals surface area contributed by atoms with Crippen molar-refractivity contribution in [3.63, 3.8) is 0 Å². The lowest BCUT2D eigenvalue weighted by atomic mass is 10.1. The van der Waals surface area contributed by atoms with Crippen LogP contribution in [0, 0.1) is 0 Å². The van der Waals surface area contributed by atoms with Crippen molar-refractivity contribution in [1.29, 1.82) is 0 Å². The van der Waals surface area contributed by atoms with Gasteiger partial charge in [0.1, 0.15) is 11.6 Å².